The van der Waals surface area contributed by atoms with Gasteiger partial charge in [-0.2, -0.15) is 5.10 Å². The van der Waals surface area contributed by atoms with Crippen LogP contribution >= 0.6 is 0 Å². The van der Waals surface area contributed by atoms with Crippen molar-refractivity contribution >= 4 is 5.69 Å². The lowest BCUT2D eigenvalue weighted by molar-refractivity contribution is 0.0968. The van der Waals surface area contributed by atoms with Crippen LogP contribution in [0.2, 0.25) is 0 Å². The van der Waals surface area contributed by atoms with Crippen molar-refractivity contribution in [3.63, 3.8) is 0 Å². The van der Waals surface area contributed by atoms with Gasteiger partial charge in [-0.3, -0.25) is 9.58 Å². The molecule has 6 nitrogen and oxygen atoms in total. The van der Waals surface area contributed by atoms with Gasteiger partial charge in [0.2, 0.25) is 0 Å². The Kier molecular flexibility index (Phi) is 4.57. The molecule has 1 saturated heterocycles. The van der Waals surface area contributed by atoms with Crippen LogP contribution in [0.4, 0.5) is 5.69 Å². The number of aliphatic hydroxyl groups excluding tert-OH is 1. The second kappa shape index (κ2) is 6.17. The molecule has 1 aliphatic rings. The molecule has 2 heterocycles. The van der Waals surface area contributed by atoms with Crippen molar-refractivity contribution in [2.24, 2.45) is 0 Å². The average molecular weight is 253 g/mol. The normalized spacial score (nSPS) is 20.8. The van der Waals surface area contributed by atoms with E-state index < -0.39 is 6.10 Å². The van der Waals surface area contributed by atoms with Crippen molar-refractivity contribution in [1.29, 1.82) is 0 Å². The molecule has 0 aliphatic carbocycles. The lowest BCUT2D eigenvalue weighted by Crippen LogP contribution is -2.37. The second-order valence-electron chi connectivity index (χ2n) is 5.11. The molecule has 1 atom stereocenters. The Hall–Kier alpha value is -1.11. The smallest absolute Gasteiger partial charge is 0.0862 e. The highest BCUT2D eigenvalue weighted by Crippen LogP contribution is 2.04. The fourth-order valence-electron chi connectivity index (χ4n) is 2.33. The maximum absolute atomic E-state index is 10.1. The molecule has 0 saturated carbocycles. The predicted molar refractivity (Wildman–Crippen MR) is 71.2 cm³/mol. The molecule has 3 N–H and O–H groups in total. The van der Waals surface area contributed by atoms with Crippen molar-refractivity contribution in [3.8, 4) is 0 Å². The molecule has 1 aromatic rings. The van der Waals surface area contributed by atoms with Crippen molar-refractivity contribution in [2.45, 2.75) is 19.1 Å². The molecule has 0 bridgehead atoms. The van der Waals surface area contributed by atoms with Gasteiger partial charge in [0.25, 0.3) is 0 Å². The Morgan fingerprint density at radius 3 is 2.89 bits per heavy atom. The fourth-order valence-corrected chi connectivity index (χ4v) is 2.33. The van der Waals surface area contributed by atoms with Crippen LogP contribution in [-0.2, 0) is 6.54 Å². The van der Waals surface area contributed by atoms with Crippen LogP contribution in [-0.4, -0.2) is 70.6 Å². The maximum Gasteiger partial charge on any atom is 0.0862 e. The summed E-state index contributed by atoms with van der Waals surface area (Å²) >= 11 is 0. The molecule has 0 radical (unpaired) electrons. The van der Waals surface area contributed by atoms with E-state index in [2.05, 4.69) is 21.9 Å². The Morgan fingerprint density at radius 2 is 2.17 bits per heavy atom. The zero-order chi connectivity index (χ0) is 13.0. The standard InChI is InChI=1S/C12H23N5O/c1-15-3-2-4-16(6-5-15)9-12(18)10-17-8-11(13)7-14-17/h7-8,12,18H,2-6,9-10,13H2,1H3. The maximum atomic E-state index is 10.1. The fraction of sp³-hybridized carbons (Fsp3) is 0.750. The van der Waals surface area contributed by atoms with Crippen LogP contribution in [0, 0.1) is 0 Å². The minimum Gasteiger partial charge on any atom is -0.396 e. The van der Waals surface area contributed by atoms with E-state index in [-0.39, 0.29) is 0 Å². The Balaban J connectivity index is 1.78. The van der Waals surface area contributed by atoms with Crippen LogP contribution in [0.5, 0.6) is 0 Å². The molecule has 2 rings (SSSR count). The first-order chi connectivity index (χ1) is 8.63. The summed E-state index contributed by atoms with van der Waals surface area (Å²) in [5.41, 5.74) is 6.23. The Labute approximate surface area is 108 Å². The van der Waals surface area contributed by atoms with Gasteiger partial charge in [-0.15, -0.1) is 0 Å². The van der Waals surface area contributed by atoms with Gasteiger partial charge in [0.1, 0.15) is 0 Å². The molecule has 1 aliphatic heterocycles. The molecule has 6 heteroatoms. The van der Waals surface area contributed by atoms with Gasteiger partial charge in [0, 0.05) is 25.8 Å². The monoisotopic (exact) mass is 253 g/mol. The lowest BCUT2D eigenvalue weighted by atomic mass is 10.3. The molecule has 0 aromatic carbocycles. The molecule has 0 spiro atoms. The highest BCUT2D eigenvalue weighted by molar-refractivity contribution is 5.30. The summed E-state index contributed by atoms with van der Waals surface area (Å²) in [5.74, 6) is 0. The summed E-state index contributed by atoms with van der Waals surface area (Å²) in [4.78, 5) is 4.65. The van der Waals surface area contributed by atoms with Gasteiger partial charge in [0.15, 0.2) is 0 Å². The zero-order valence-electron chi connectivity index (χ0n) is 11.0. The molecule has 102 valence electrons. The van der Waals surface area contributed by atoms with Crippen LogP contribution in [0.1, 0.15) is 6.42 Å². The first-order valence-electron chi connectivity index (χ1n) is 6.50. The summed E-state index contributed by atoms with van der Waals surface area (Å²) in [5, 5.41) is 14.1. The van der Waals surface area contributed by atoms with E-state index >= 15 is 0 Å². The van der Waals surface area contributed by atoms with E-state index in [1.807, 2.05) is 0 Å². The summed E-state index contributed by atoms with van der Waals surface area (Å²) in [6.45, 7) is 5.50. The molecule has 18 heavy (non-hydrogen) atoms. The Bertz CT molecular complexity index is 367. The number of aliphatic hydroxyl groups is 1. The van der Waals surface area contributed by atoms with E-state index in [0.717, 1.165) is 32.6 Å². The average Bonchev–Trinajstić information content (AvgIpc) is 2.59. The van der Waals surface area contributed by atoms with Gasteiger partial charge >= 0.3 is 0 Å². The Morgan fingerprint density at radius 1 is 1.33 bits per heavy atom. The zero-order valence-corrected chi connectivity index (χ0v) is 11.0. The number of nitrogens with two attached hydrogens (primary N) is 1. The van der Waals surface area contributed by atoms with Crippen LogP contribution in [0.3, 0.4) is 0 Å². The van der Waals surface area contributed by atoms with Gasteiger partial charge in [-0.25, -0.2) is 0 Å². The highest BCUT2D eigenvalue weighted by atomic mass is 16.3. The number of β-amino-alcohol motifs (C(OH)–C–C–N with tert-alkyl or cyclic N) is 1. The van der Waals surface area contributed by atoms with E-state index in [0.29, 0.717) is 18.8 Å². The molecule has 1 unspecified atom stereocenters. The quantitative estimate of drug-likeness (QED) is 0.754. The van der Waals surface area contributed by atoms with Gasteiger partial charge in [-0.1, -0.05) is 0 Å². The molecule has 1 fully saturated rings. The number of hydrogen-bond acceptors (Lipinski definition) is 5. The number of aromatic nitrogens is 2. The number of nitrogens with zero attached hydrogens (tertiary/aromatic N) is 4. The number of rotatable bonds is 4. The third kappa shape index (κ3) is 3.97. The van der Waals surface area contributed by atoms with Gasteiger partial charge < -0.3 is 15.7 Å². The van der Waals surface area contributed by atoms with Crippen molar-refractivity contribution in [3.05, 3.63) is 12.4 Å². The van der Waals surface area contributed by atoms with Crippen LogP contribution < -0.4 is 5.73 Å². The molecule has 1 aromatic heterocycles. The van der Waals surface area contributed by atoms with Gasteiger partial charge in [0.05, 0.1) is 24.5 Å². The number of likely N-dealkylation sites (N-methyl/N-ethyl adjacent to an activating group) is 1. The van der Waals surface area contributed by atoms with Crippen molar-refractivity contribution in [2.75, 3.05) is 45.5 Å². The van der Waals surface area contributed by atoms with E-state index in [4.69, 9.17) is 5.73 Å². The third-order valence-corrected chi connectivity index (χ3v) is 3.33. The summed E-state index contributed by atoms with van der Waals surface area (Å²) in [6.07, 6.45) is 4.12. The largest absolute Gasteiger partial charge is 0.396 e. The first kappa shape index (κ1) is 13.3. The van der Waals surface area contributed by atoms with E-state index in [1.54, 1.807) is 17.1 Å². The second-order valence-corrected chi connectivity index (χ2v) is 5.11. The minimum atomic E-state index is -0.396. The number of hydrogen-bond donors (Lipinski definition) is 2. The van der Waals surface area contributed by atoms with Crippen molar-refractivity contribution in [1.82, 2.24) is 19.6 Å². The SMILES string of the molecule is CN1CCCN(CC(O)Cn2cc(N)cn2)CC1. The lowest BCUT2D eigenvalue weighted by Gasteiger charge is -2.23. The number of anilines is 1. The topological polar surface area (TPSA) is 70.5 Å². The van der Waals surface area contributed by atoms with E-state index in [1.165, 1.54) is 0 Å². The molecule has 0 amide bonds. The minimum absolute atomic E-state index is 0.396. The highest BCUT2D eigenvalue weighted by Gasteiger charge is 2.16. The van der Waals surface area contributed by atoms with Crippen LogP contribution in [0.25, 0.3) is 0 Å². The van der Waals surface area contributed by atoms with Crippen molar-refractivity contribution < 1.29 is 5.11 Å². The molecular formula is C12H23N5O. The number of nitrogen functional groups attached to an aromatic ring is 1. The predicted octanol–water partition coefficient (Wildman–Crippen LogP) is -0.536. The third-order valence-electron chi connectivity index (χ3n) is 3.33. The summed E-state index contributed by atoms with van der Waals surface area (Å²) < 4.78 is 1.70. The summed E-state index contributed by atoms with van der Waals surface area (Å²) in [6, 6.07) is 0. The molecular weight excluding hydrogens is 230 g/mol. The summed E-state index contributed by atoms with van der Waals surface area (Å²) in [7, 11) is 2.15. The van der Waals surface area contributed by atoms with E-state index in [9.17, 15) is 5.11 Å². The van der Waals surface area contributed by atoms with Crippen LogP contribution in [0.15, 0.2) is 12.4 Å². The van der Waals surface area contributed by atoms with Gasteiger partial charge in [-0.05, 0) is 26.6 Å². The first-order valence-corrected chi connectivity index (χ1v) is 6.50.